The van der Waals surface area contributed by atoms with Crippen LogP contribution in [0.3, 0.4) is 0 Å². The number of allylic oxidation sites excluding steroid dienone is 1. The Morgan fingerprint density at radius 2 is 1.78 bits per heavy atom. The second-order valence-electron chi connectivity index (χ2n) is 13.7. The first-order chi connectivity index (χ1) is 17.1. The third-order valence-corrected chi connectivity index (χ3v) is 11.9. The topological polar surface area (TPSA) is 145 Å². The van der Waals surface area contributed by atoms with Crippen LogP contribution in [0.15, 0.2) is 11.6 Å². The highest BCUT2D eigenvalue weighted by atomic mass is 16.6. The molecule has 0 spiro atoms. The number of fused-ring (bicyclic) bond motifs is 5. The normalized spacial score (nSPS) is 51.9. The van der Waals surface area contributed by atoms with Crippen molar-refractivity contribution >= 4 is 11.8 Å². The molecule has 1 heterocycles. The molecule has 0 amide bonds. The van der Waals surface area contributed by atoms with Gasteiger partial charge in [-0.05, 0) is 87.7 Å². The van der Waals surface area contributed by atoms with Gasteiger partial charge in [-0.2, -0.15) is 0 Å². The zero-order valence-corrected chi connectivity index (χ0v) is 22.7. The Balaban J connectivity index is 1.44. The highest BCUT2D eigenvalue weighted by Crippen LogP contribution is 2.68. The minimum absolute atomic E-state index is 0.104. The van der Waals surface area contributed by atoms with Crippen molar-refractivity contribution in [3.8, 4) is 0 Å². The van der Waals surface area contributed by atoms with Crippen molar-refractivity contribution in [2.75, 3.05) is 0 Å². The first kappa shape index (κ1) is 27.3. The summed E-state index contributed by atoms with van der Waals surface area (Å²) in [5, 5.41) is 56.2. The van der Waals surface area contributed by atoms with Crippen molar-refractivity contribution < 1.29 is 39.9 Å². The molecule has 1 aliphatic heterocycles. The molecule has 0 radical (unpaired) electrons. The molecule has 5 aliphatic rings. The second-order valence-corrected chi connectivity index (χ2v) is 13.7. The number of cyclic esters (lactones) is 1. The van der Waals surface area contributed by atoms with Gasteiger partial charge in [-0.3, -0.25) is 9.59 Å². The minimum Gasteiger partial charge on any atom is -0.462 e. The predicted octanol–water partition coefficient (Wildman–Crippen LogP) is 1.89. The number of aliphatic hydroxyl groups excluding tert-OH is 3. The number of esters is 1. The number of rotatable bonds is 4. The summed E-state index contributed by atoms with van der Waals surface area (Å²) in [6.45, 7) is 9.21. The fourth-order valence-corrected chi connectivity index (χ4v) is 9.39. The largest absolute Gasteiger partial charge is 0.462 e. The number of hydrogen-bond acceptors (Lipinski definition) is 8. The van der Waals surface area contributed by atoms with Crippen LogP contribution in [-0.2, 0) is 14.3 Å². The van der Waals surface area contributed by atoms with Crippen molar-refractivity contribution in [2.45, 2.75) is 115 Å². The maximum Gasteiger partial charge on any atom is 0.309 e. The Bertz CT molecular complexity index is 1010. The summed E-state index contributed by atoms with van der Waals surface area (Å²) in [6.07, 6.45) is 1.21. The molecule has 0 aromatic heterocycles. The van der Waals surface area contributed by atoms with E-state index in [2.05, 4.69) is 0 Å². The van der Waals surface area contributed by atoms with E-state index in [9.17, 15) is 35.1 Å². The Morgan fingerprint density at radius 1 is 1.11 bits per heavy atom. The monoisotopic (exact) mass is 520 g/mol. The highest BCUT2D eigenvalue weighted by Gasteiger charge is 2.69. The first-order valence-electron chi connectivity index (χ1n) is 14.0. The average Bonchev–Trinajstić information content (AvgIpc) is 3.23. The van der Waals surface area contributed by atoms with Gasteiger partial charge in [0.25, 0.3) is 0 Å². The van der Waals surface area contributed by atoms with Crippen LogP contribution in [0.4, 0.5) is 0 Å². The quantitative estimate of drug-likeness (QED) is 0.354. The van der Waals surface area contributed by atoms with Gasteiger partial charge in [0.05, 0.1) is 35.4 Å². The lowest BCUT2D eigenvalue weighted by atomic mass is 9.45. The lowest BCUT2D eigenvalue weighted by Gasteiger charge is -2.60. The molecule has 0 bridgehead atoms. The van der Waals surface area contributed by atoms with Crippen LogP contribution in [0.25, 0.3) is 0 Å². The third kappa shape index (κ3) is 3.65. The van der Waals surface area contributed by atoms with Crippen molar-refractivity contribution in [3.05, 3.63) is 11.6 Å². The molecule has 8 nitrogen and oxygen atoms in total. The zero-order chi connectivity index (χ0) is 27.3. The van der Waals surface area contributed by atoms with Crippen LogP contribution in [0.1, 0.15) is 79.6 Å². The van der Waals surface area contributed by atoms with E-state index in [1.54, 1.807) is 19.9 Å². The molecule has 4 aliphatic carbocycles. The van der Waals surface area contributed by atoms with E-state index in [0.717, 1.165) is 0 Å². The van der Waals surface area contributed by atoms with Crippen LogP contribution in [0.2, 0.25) is 0 Å². The molecule has 0 aromatic rings. The van der Waals surface area contributed by atoms with Crippen molar-refractivity contribution in [1.82, 2.24) is 0 Å². The molecule has 1 unspecified atom stereocenters. The van der Waals surface area contributed by atoms with E-state index in [1.807, 2.05) is 20.8 Å². The van der Waals surface area contributed by atoms with Gasteiger partial charge in [0.15, 0.2) is 5.78 Å². The molecule has 0 aromatic carbocycles. The number of carbonyl (C=O) groups is 2. The highest BCUT2D eigenvalue weighted by molar-refractivity contribution is 5.95. The molecule has 5 rings (SSSR count). The molecule has 3 saturated carbocycles. The van der Waals surface area contributed by atoms with Gasteiger partial charge in [0, 0.05) is 17.3 Å². The summed E-state index contributed by atoms with van der Waals surface area (Å²) in [7, 11) is 0. The van der Waals surface area contributed by atoms with E-state index in [0.29, 0.717) is 37.7 Å². The van der Waals surface area contributed by atoms with E-state index in [-0.39, 0.29) is 48.5 Å². The van der Waals surface area contributed by atoms with Gasteiger partial charge >= 0.3 is 5.97 Å². The van der Waals surface area contributed by atoms with Crippen molar-refractivity contribution in [2.24, 2.45) is 40.4 Å². The fourth-order valence-electron chi connectivity index (χ4n) is 9.39. The maximum atomic E-state index is 13.3. The lowest BCUT2D eigenvalue weighted by Crippen LogP contribution is -2.63. The number of carbonyl (C=O) groups excluding carboxylic acids is 2. The Kier molecular flexibility index (Phi) is 6.33. The van der Waals surface area contributed by atoms with Gasteiger partial charge in [0.1, 0.15) is 6.10 Å². The number of ether oxygens (including phenoxy) is 1. The molecule has 208 valence electrons. The van der Waals surface area contributed by atoms with E-state index in [4.69, 9.17) is 4.74 Å². The minimum atomic E-state index is -1.52. The summed E-state index contributed by atoms with van der Waals surface area (Å²) in [4.78, 5) is 25.4. The second kappa shape index (κ2) is 8.59. The van der Waals surface area contributed by atoms with E-state index in [1.165, 1.54) is 0 Å². The molecule has 37 heavy (non-hydrogen) atoms. The van der Waals surface area contributed by atoms with Gasteiger partial charge in [-0.1, -0.05) is 20.8 Å². The van der Waals surface area contributed by atoms with Gasteiger partial charge < -0.3 is 30.3 Å². The fraction of sp³-hybridized carbons (Fsp3) is 0.862. The Hall–Kier alpha value is -1.32. The van der Waals surface area contributed by atoms with E-state index >= 15 is 0 Å². The summed E-state index contributed by atoms with van der Waals surface area (Å²) in [5.74, 6) is -1.88. The summed E-state index contributed by atoms with van der Waals surface area (Å²) in [6, 6.07) is 0. The lowest BCUT2D eigenvalue weighted by molar-refractivity contribution is -0.178. The van der Waals surface area contributed by atoms with Crippen LogP contribution in [0.5, 0.6) is 0 Å². The molecule has 8 heteroatoms. The Morgan fingerprint density at radius 3 is 2.41 bits per heavy atom. The molecule has 1 saturated heterocycles. The summed E-state index contributed by atoms with van der Waals surface area (Å²) in [5.41, 5.74) is -3.47. The van der Waals surface area contributed by atoms with Gasteiger partial charge in [-0.25, -0.2) is 0 Å². The molecular weight excluding hydrogens is 476 g/mol. The molecule has 5 N–H and O–H groups in total. The third-order valence-electron chi connectivity index (χ3n) is 11.9. The van der Waals surface area contributed by atoms with Crippen LogP contribution in [0, 0.1) is 40.4 Å². The molecule has 13 atom stereocenters. The van der Waals surface area contributed by atoms with Gasteiger partial charge in [0.2, 0.25) is 0 Å². The van der Waals surface area contributed by atoms with Crippen molar-refractivity contribution in [3.63, 3.8) is 0 Å². The number of aliphatic hydroxyl groups is 5. The van der Waals surface area contributed by atoms with Gasteiger partial charge in [-0.15, -0.1) is 0 Å². The van der Waals surface area contributed by atoms with Crippen LogP contribution in [-0.4, -0.2) is 72.9 Å². The first-order valence-corrected chi connectivity index (χ1v) is 14.0. The number of hydrogen-bond donors (Lipinski definition) is 5. The Labute approximate surface area is 219 Å². The molecular formula is C29H44O8. The summed E-state index contributed by atoms with van der Waals surface area (Å²) < 4.78 is 5.34. The van der Waals surface area contributed by atoms with Crippen LogP contribution < -0.4 is 0 Å². The average molecular weight is 521 g/mol. The van der Waals surface area contributed by atoms with Crippen LogP contribution >= 0.6 is 0 Å². The smallest absolute Gasteiger partial charge is 0.309 e. The SMILES string of the molecule is C[C@@H]1C(=O)O[C@H](C)[C@H]1C[C@@H](O)[C@](C)(O)C1CC[C@@]2(O)C3=CC(=O)[C@@H]4C[C@@H](O)[C@@H](O)C[C@]4(C)[C@H]3CC[C@]12C. The maximum absolute atomic E-state index is 13.3. The molecule has 4 fully saturated rings. The number of ketones is 1. The zero-order valence-electron chi connectivity index (χ0n) is 22.7. The van der Waals surface area contributed by atoms with Crippen molar-refractivity contribution in [1.29, 1.82) is 0 Å². The standard InChI is InChI=1S/C29H44O8/c1-14-16(15(2)37-25(14)34)10-24(33)28(5,35)23-7-9-29(36)18-11-20(30)19-12-21(31)22(32)13-26(19,3)17(18)6-8-27(23,29)4/h11,14-17,19,21-24,31-33,35-36H,6-10,12-13H2,1-5H3/t14-,15+,16-,17-,19-,21+,22-,23?,24+,26+,27+,28+,29+/m0/s1. The van der Waals surface area contributed by atoms with E-state index < -0.39 is 52.2 Å². The predicted molar refractivity (Wildman–Crippen MR) is 134 cm³/mol. The summed E-state index contributed by atoms with van der Waals surface area (Å²) >= 11 is 0.